The standard InChI is InChI=1S/C17H30N2O2/c1-19(11-13-5-4-10-21-12-13)17(20)16-9-8-14-6-2-3-7-15(14)18-16/h13-16,18H,2-12H2,1H3. The van der Waals surface area contributed by atoms with Crippen LogP contribution in [0.3, 0.4) is 0 Å². The summed E-state index contributed by atoms with van der Waals surface area (Å²) >= 11 is 0. The van der Waals surface area contributed by atoms with Gasteiger partial charge in [-0.1, -0.05) is 12.8 Å². The Hall–Kier alpha value is -0.610. The highest BCUT2D eigenvalue weighted by atomic mass is 16.5. The van der Waals surface area contributed by atoms with Crippen LogP contribution in [0.2, 0.25) is 0 Å². The molecule has 4 unspecified atom stereocenters. The van der Waals surface area contributed by atoms with Gasteiger partial charge >= 0.3 is 0 Å². The van der Waals surface area contributed by atoms with Gasteiger partial charge in [0.05, 0.1) is 12.6 Å². The molecule has 2 saturated heterocycles. The molecule has 4 nitrogen and oxygen atoms in total. The van der Waals surface area contributed by atoms with E-state index in [-0.39, 0.29) is 6.04 Å². The van der Waals surface area contributed by atoms with Crippen molar-refractivity contribution in [1.82, 2.24) is 10.2 Å². The Morgan fingerprint density at radius 2 is 2.00 bits per heavy atom. The molecule has 3 fully saturated rings. The summed E-state index contributed by atoms with van der Waals surface area (Å²) in [5.74, 6) is 1.64. The van der Waals surface area contributed by atoms with Crippen LogP contribution in [-0.2, 0) is 9.53 Å². The monoisotopic (exact) mass is 294 g/mol. The summed E-state index contributed by atoms with van der Waals surface area (Å²) in [7, 11) is 1.96. The maximum absolute atomic E-state index is 12.7. The molecule has 3 rings (SSSR count). The van der Waals surface area contributed by atoms with Crippen molar-refractivity contribution < 1.29 is 9.53 Å². The SMILES string of the molecule is CN(CC1CCCOC1)C(=O)C1CCC2CCCCC2N1. The smallest absolute Gasteiger partial charge is 0.239 e. The van der Waals surface area contributed by atoms with Crippen molar-refractivity contribution in [1.29, 1.82) is 0 Å². The first-order valence-electron chi connectivity index (χ1n) is 8.83. The normalized spacial score (nSPS) is 36.8. The molecule has 0 spiro atoms. The average molecular weight is 294 g/mol. The minimum absolute atomic E-state index is 0.0545. The Kier molecular flexibility index (Phi) is 5.17. The molecule has 2 heterocycles. The van der Waals surface area contributed by atoms with Gasteiger partial charge in [0.15, 0.2) is 0 Å². The summed E-state index contributed by atoms with van der Waals surface area (Å²) in [6, 6.07) is 0.645. The lowest BCUT2D eigenvalue weighted by Gasteiger charge is -2.41. The molecule has 1 amide bonds. The molecule has 0 radical (unpaired) electrons. The highest BCUT2D eigenvalue weighted by Gasteiger charge is 2.35. The zero-order chi connectivity index (χ0) is 14.7. The minimum atomic E-state index is 0.0545. The molecule has 1 N–H and O–H groups in total. The predicted octanol–water partition coefficient (Wildman–Crippen LogP) is 2.18. The molecule has 120 valence electrons. The molecular formula is C17H30N2O2. The summed E-state index contributed by atoms with van der Waals surface area (Å²) < 4.78 is 5.53. The van der Waals surface area contributed by atoms with Crippen molar-refractivity contribution in [2.75, 3.05) is 26.8 Å². The fraction of sp³-hybridized carbons (Fsp3) is 0.941. The van der Waals surface area contributed by atoms with E-state index in [1.807, 2.05) is 11.9 Å². The van der Waals surface area contributed by atoms with Crippen molar-refractivity contribution >= 4 is 5.91 Å². The molecule has 21 heavy (non-hydrogen) atoms. The molecule has 2 aliphatic heterocycles. The second-order valence-corrected chi connectivity index (χ2v) is 7.25. The van der Waals surface area contributed by atoms with E-state index in [1.165, 1.54) is 38.5 Å². The van der Waals surface area contributed by atoms with E-state index in [4.69, 9.17) is 4.74 Å². The minimum Gasteiger partial charge on any atom is -0.381 e. The van der Waals surface area contributed by atoms with Crippen molar-refractivity contribution in [2.45, 2.75) is 63.5 Å². The van der Waals surface area contributed by atoms with E-state index in [0.29, 0.717) is 17.9 Å². The lowest BCUT2D eigenvalue weighted by molar-refractivity contribution is -0.134. The van der Waals surface area contributed by atoms with E-state index >= 15 is 0 Å². The Balaban J connectivity index is 1.49. The largest absolute Gasteiger partial charge is 0.381 e. The number of nitrogens with one attached hydrogen (secondary N) is 1. The number of carbonyl (C=O) groups excluding carboxylic acids is 1. The van der Waals surface area contributed by atoms with Crippen LogP contribution in [0.1, 0.15) is 51.4 Å². The van der Waals surface area contributed by atoms with Gasteiger partial charge in [0, 0.05) is 26.2 Å². The first-order valence-corrected chi connectivity index (χ1v) is 8.83. The molecule has 0 aromatic rings. The van der Waals surface area contributed by atoms with Gasteiger partial charge < -0.3 is 15.0 Å². The van der Waals surface area contributed by atoms with Gasteiger partial charge in [0.1, 0.15) is 0 Å². The van der Waals surface area contributed by atoms with Gasteiger partial charge in [-0.2, -0.15) is 0 Å². The number of carbonyl (C=O) groups is 1. The zero-order valence-electron chi connectivity index (χ0n) is 13.4. The number of hydrogen-bond acceptors (Lipinski definition) is 3. The van der Waals surface area contributed by atoms with E-state index < -0.39 is 0 Å². The number of piperidine rings is 1. The first kappa shape index (κ1) is 15.3. The number of hydrogen-bond donors (Lipinski definition) is 1. The van der Waals surface area contributed by atoms with Crippen LogP contribution in [0.5, 0.6) is 0 Å². The Morgan fingerprint density at radius 3 is 2.81 bits per heavy atom. The van der Waals surface area contributed by atoms with Gasteiger partial charge in [-0.05, 0) is 50.4 Å². The highest BCUT2D eigenvalue weighted by molar-refractivity contribution is 5.81. The van der Waals surface area contributed by atoms with Gasteiger partial charge in [-0.15, -0.1) is 0 Å². The highest BCUT2D eigenvalue weighted by Crippen LogP contribution is 2.32. The number of rotatable bonds is 3. The maximum atomic E-state index is 12.7. The number of amides is 1. The van der Waals surface area contributed by atoms with Crippen LogP contribution in [0.4, 0.5) is 0 Å². The molecule has 4 heteroatoms. The molecular weight excluding hydrogens is 264 g/mol. The summed E-state index contributed by atoms with van der Waals surface area (Å²) in [6.07, 6.45) is 9.90. The third kappa shape index (κ3) is 3.78. The maximum Gasteiger partial charge on any atom is 0.239 e. The quantitative estimate of drug-likeness (QED) is 0.867. The van der Waals surface area contributed by atoms with Crippen LogP contribution < -0.4 is 5.32 Å². The van der Waals surface area contributed by atoms with Crippen molar-refractivity contribution in [3.05, 3.63) is 0 Å². The van der Waals surface area contributed by atoms with Crippen molar-refractivity contribution in [3.8, 4) is 0 Å². The van der Waals surface area contributed by atoms with E-state index in [2.05, 4.69) is 5.32 Å². The molecule has 1 saturated carbocycles. The molecule has 1 aliphatic carbocycles. The second kappa shape index (κ2) is 7.10. The zero-order valence-corrected chi connectivity index (χ0v) is 13.4. The molecule has 4 atom stereocenters. The van der Waals surface area contributed by atoms with Crippen LogP contribution >= 0.6 is 0 Å². The third-order valence-electron chi connectivity index (χ3n) is 5.61. The van der Waals surface area contributed by atoms with Crippen molar-refractivity contribution in [3.63, 3.8) is 0 Å². The average Bonchev–Trinajstić information content (AvgIpc) is 2.54. The Labute approximate surface area is 128 Å². The van der Waals surface area contributed by atoms with Crippen molar-refractivity contribution in [2.24, 2.45) is 11.8 Å². The number of ether oxygens (including phenoxy) is 1. The van der Waals surface area contributed by atoms with Gasteiger partial charge in [0.2, 0.25) is 5.91 Å². The second-order valence-electron chi connectivity index (χ2n) is 7.25. The van der Waals surface area contributed by atoms with Crippen LogP contribution in [-0.4, -0.2) is 49.7 Å². The molecule has 0 aromatic heterocycles. The molecule has 0 bridgehead atoms. The predicted molar refractivity (Wildman–Crippen MR) is 83.1 cm³/mol. The third-order valence-corrected chi connectivity index (χ3v) is 5.61. The molecule has 3 aliphatic rings. The van der Waals surface area contributed by atoms with Crippen LogP contribution in [0, 0.1) is 11.8 Å². The van der Waals surface area contributed by atoms with Gasteiger partial charge in [-0.25, -0.2) is 0 Å². The Morgan fingerprint density at radius 1 is 1.14 bits per heavy atom. The number of likely N-dealkylation sites (N-methyl/N-ethyl adjacent to an activating group) is 1. The van der Waals surface area contributed by atoms with Crippen LogP contribution in [0.15, 0.2) is 0 Å². The Bertz CT molecular complexity index is 355. The molecule has 0 aromatic carbocycles. The summed E-state index contributed by atoms with van der Waals surface area (Å²) in [6.45, 7) is 2.56. The summed E-state index contributed by atoms with van der Waals surface area (Å²) in [4.78, 5) is 14.6. The van der Waals surface area contributed by atoms with E-state index in [1.54, 1.807) is 0 Å². The lowest BCUT2D eigenvalue weighted by Crippen LogP contribution is -2.55. The van der Waals surface area contributed by atoms with Gasteiger partial charge in [-0.3, -0.25) is 4.79 Å². The van der Waals surface area contributed by atoms with Crippen LogP contribution in [0.25, 0.3) is 0 Å². The number of nitrogens with zero attached hydrogens (tertiary/aromatic N) is 1. The van der Waals surface area contributed by atoms with E-state index in [9.17, 15) is 4.79 Å². The number of fused-ring (bicyclic) bond motifs is 1. The van der Waals surface area contributed by atoms with E-state index in [0.717, 1.165) is 38.5 Å². The summed E-state index contributed by atoms with van der Waals surface area (Å²) in [5, 5.41) is 3.65. The first-order chi connectivity index (χ1) is 10.2. The topological polar surface area (TPSA) is 41.6 Å². The fourth-order valence-corrected chi connectivity index (χ4v) is 4.38. The fourth-order valence-electron chi connectivity index (χ4n) is 4.38. The van der Waals surface area contributed by atoms with Gasteiger partial charge in [0.25, 0.3) is 0 Å². The summed E-state index contributed by atoms with van der Waals surface area (Å²) in [5.41, 5.74) is 0. The lowest BCUT2D eigenvalue weighted by atomic mass is 9.77.